The summed E-state index contributed by atoms with van der Waals surface area (Å²) in [6.07, 6.45) is 69.5. The summed E-state index contributed by atoms with van der Waals surface area (Å²) in [4.78, 5) is 26.5. The van der Waals surface area contributed by atoms with Gasteiger partial charge in [-0.25, -0.2) is 0 Å². The van der Waals surface area contributed by atoms with Gasteiger partial charge < -0.3 is 53.0 Å². The van der Waals surface area contributed by atoms with Crippen LogP contribution in [0.5, 0.6) is 0 Å². The number of piperidine rings is 6. The smallest absolute Gasteiger partial charge is 0.0601 e. The van der Waals surface area contributed by atoms with Crippen LogP contribution in [0.2, 0.25) is 0 Å². The average Bonchev–Trinajstić information content (AvgIpc) is 0.742. The van der Waals surface area contributed by atoms with Crippen LogP contribution in [0.15, 0.2) is 12.2 Å². The molecule has 12 aliphatic carbocycles. The molecule has 10 heterocycles. The SMILES string of the molecule is CCN1CCC2(CCN2)CC1.CC[C@H]1CCCN(C2CC(OC)C2)C1.CN(C)C1CCC2(CCC2)CC1.COC1CC(N2CC3(CCC3)C2)C1.COC1CC(N2CC3(CCC3)C2)C1.COC1CC(N2CC=CCC2)C1.COC1CC(N2CC[C@@H](C(C)C)C[C@@H]2C)C1.COC1CC(N2CC[C@@H](C(C)C)C[C@H]2C)C1.COC1CC(N2CC[C@H](C(C)C)C[C@@H]2C)C1.COC1CC(N2CC[C@H](C(C)C)C[C@H]2C)C1. The highest BCUT2D eigenvalue weighted by Crippen LogP contribution is 2.55. The van der Waals surface area contributed by atoms with Crippen LogP contribution in [0.4, 0.5) is 0 Å². The van der Waals surface area contributed by atoms with E-state index >= 15 is 0 Å². The molecule has 22 aliphatic rings. The molecule has 808 valence electrons. The first kappa shape index (κ1) is 115. The molecule has 0 aromatic carbocycles. The van der Waals surface area contributed by atoms with E-state index in [1.165, 1.54) is 381 Å². The fourth-order valence-electron chi connectivity index (χ4n) is 29.6. The Balaban J connectivity index is 0.000000130. The maximum absolute atomic E-state index is 5.38. The Morgan fingerprint density at radius 2 is 0.619 bits per heavy atom. The largest absolute Gasteiger partial charge is 0.381 e. The second-order valence-electron chi connectivity index (χ2n) is 52.4. The van der Waals surface area contributed by atoms with Crippen molar-refractivity contribution in [1.82, 2.24) is 54.3 Å². The van der Waals surface area contributed by atoms with Gasteiger partial charge >= 0.3 is 0 Å². The van der Waals surface area contributed by atoms with E-state index in [0.29, 0.717) is 54.4 Å². The summed E-state index contributed by atoms with van der Waals surface area (Å²) >= 11 is 0. The van der Waals surface area contributed by atoms with Crippen LogP contribution in [0.25, 0.3) is 0 Å². The fourth-order valence-corrected chi connectivity index (χ4v) is 29.6. The molecule has 12 saturated carbocycles. The molecule has 0 aromatic heterocycles. The van der Waals surface area contributed by atoms with Crippen molar-refractivity contribution in [3.8, 4) is 0 Å². The summed E-state index contributed by atoms with van der Waals surface area (Å²) in [5, 5.41) is 3.58. The maximum atomic E-state index is 5.38. The lowest BCUT2D eigenvalue weighted by Crippen LogP contribution is -2.65. The molecule has 0 bridgehead atoms. The van der Waals surface area contributed by atoms with Gasteiger partial charge in [0.2, 0.25) is 0 Å². The summed E-state index contributed by atoms with van der Waals surface area (Å²) in [7, 11) is 19.2. The second kappa shape index (κ2) is 55.3. The zero-order chi connectivity index (χ0) is 99.3. The maximum Gasteiger partial charge on any atom is 0.0601 e. The predicted molar refractivity (Wildman–Crippen MR) is 580 cm³/mol. The van der Waals surface area contributed by atoms with E-state index in [2.05, 4.69) is 177 Å². The zero-order valence-electron chi connectivity index (χ0n) is 95.1. The Hall–Kier alpha value is -1.02. The minimum atomic E-state index is 0.542. The van der Waals surface area contributed by atoms with Crippen molar-refractivity contribution in [3.63, 3.8) is 0 Å². The topological polar surface area (TPSA) is 118 Å². The van der Waals surface area contributed by atoms with E-state index < -0.39 is 0 Å². The van der Waals surface area contributed by atoms with Crippen LogP contribution in [-0.2, 0) is 37.9 Å². The third-order valence-electron chi connectivity index (χ3n) is 42.5. The Morgan fingerprint density at radius 1 is 0.317 bits per heavy atom. The first-order chi connectivity index (χ1) is 66.9. The van der Waals surface area contributed by atoms with Crippen LogP contribution in [0.3, 0.4) is 0 Å². The first-order valence-corrected chi connectivity index (χ1v) is 59.9. The molecule has 9 saturated heterocycles. The number of hydrogen-bond acceptors (Lipinski definition) is 19. The van der Waals surface area contributed by atoms with Gasteiger partial charge in [-0.15, -0.1) is 0 Å². The molecule has 0 aromatic rings. The third-order valence-corrected chi connectivity index (χ3v) is 42.5. The van der Waals surface area contributed by atoms with Gasteiger partial charge in [-0.2, -0.15) is 0 Å². The molecule has 1 N–H and O–H groups in total. The van der Waals surface area contributed by atoms with Crippen LogP contribution in [0, 0.1) is 69.5 Å². The third kappa shape index (κ3) is 31.6. The van der Waals surface area contributed by atoms with E-state index in [-0.39, 0.29) is 0 Å². The van der Waals surface area contributed by atoms with Gasteiger partial charge in [-0.1, -0.05) is 107 Å². The molecule has 22 rings (SSSR count). The highest BCUT2D eigenvalue weighted by molar-refractivity contribution is 5.08. The molecular weight excluding hydrogens is 1720 g/mol. The van der Waals surface area contributed by atoms with Gasteiger partial charge in [0, 0.05) is 187 Å². The van der Waals surface area contributed by atoms with Gasteiger partial charge in [0.25, 0.3) is 0 Å². The molecular formula is C120H225N11O8. The van der Waals surface area contributed by atoms with Gasteiger partial charge in [0.1, 0.15) is 0 Å². The minimum Gasteiger partial charge on any atom is -0.381 e. The van der Waals surface area contributed by atoms with Gasteiger partial charge in [-0.3, -0.25) is 39.2 Å². The van der Waals surface area contributed by atoms with E-state index in [9.17, 15) is 0 Å². The lowest BCUT2D eigenvalue weighted by Gasteiger charge is -2.60. The van der Waals surface area contributed by atoms with Crippen LogP contribution < -0.4 is 5.32 Å². The Kier molecular flexibility index (Phi) is 45.8. The van der Waals surface area contributed by atoms with Crippen molar-refractivity contribution in [1.29, 1.82) is 0 Å². The first-order valence-electron chi connectivity index (χ1n) is 59.9. The van der Waals surface area contributed by atoms with Gasteiger partial charge in [-0.05, 0) is 427 Å². The van der Waals surface area contributed by atoms with Crippen molar-refractivity contribution in [2.75, 3.05) is 176 Å². The number of ether oxygens (including phenoxy) is 8. The number of likely N-dealkylation sites (tertiary alicyclic amines) is 8. The van der Waals surface area contributed by atoms with Crippen molar-refractivity contribution in [2.45, 2.75) is 512 Å². The molecule has 0 radical (unpaired) electrons. The quantitative estimate of drug-likeness (QED) is 0.0977. The second-order valence-corrected chi connectivity index (χ2v) is 52.4. The van der Waals surface area contributed by atoms with Crippen molar-refractivity contribution in [2.24, 2.45) is 69.5 Å². The van der Waals surface area contributed by atoms with Crippen LogP contribution >= 0.6 is 0 Å². The van der Waals surface area contributed by atoms with E-state index in [4.69, 9.17) is 37.9 Å². The number of rotatable bonds is 23. The number of nitrogens with zero attached hydrogens (tertiary/aromatic N) is 10. The minimum absolute atomic E-state index is 0.542. The van der Waals surface area contributed by atoms with Crippen LogP contribution in [0.1, 0.15) is 379 Å². The average molecular weight is 1950 g/mol. The van der Waals surface area contributed by atoms with Crippen molar-refractivity contribution >= 4 is 0 Å². The van der Waals surface area contributed by atoms with Gasteiger partial charge in [0.15, 0.2) is 0 Å². The standard InChI is InChI=1S/4C14H27NO.C12H23NO.2C11H19NO.C11H21N.C10H17NO.C9H18N2/c4*1-10(2)12-5-6-15(11(3)7-12)13-8-14(9-13)16-4;1-3-10-5-4-6-13(9-10)11-7-12(8-11)14-2;2*1-13-10-5-9(6-10)12-7-11(8-12)3-2-4-11;1-12(2)10-4-8-11(9-5-10)6-3-7-11;1-12-10-7-9(8-10)11-5-3-2-4-6-11;1-2-11-7-4-9(5-8-11)3-6-10-9/h4*10-14H,5-9H2,1-4H3;10-12H,3-9H2,1-2H3;2*9-10H,2-8H2,1H3;10H,3-9H2,1-2H3;2-3,9-10H,4-8H2,1H3;10H,2-8H2,1H3/t2*11-,12+,13?,14?;2*11-,12-,13?,14?;10-,11?,12?;;;;;/m10100...../s1. The summed E-state index contributed by atoms with van der Waals surface area (Å²) in [5.74, 6) is 8.19. The molecule has 9 atom stereocenters. The number of hydrogen-bond donors (Lipinski definition) is 1. The molecule has 19 nitrogen and oxygen atoms in total. The molecule has 21 fully saturated rings. The molecule has 10 aliphatic heterocycles. The predicted octanol–water partition coefficient (Wildman–Crippen LogP) is 22.2. The van der Waals surface area contributed by atoms with E-state index in [1.54, 1.807) is 0 Å². The molecule has 0 amide bonds. The fraction of sp³-hybridized carbons (Fsp3) is 0.983. The Labute approximate surface area is 856 Å². The normalized spacial score (nSPS) is 38.8. The van der Waals surface area contributed by atoms with E-state index in [1.807, 2.05) is 56.9 Å². The van der Waals surface area contributed by atoms with Gasteiger partial charge in [0.05, 0.1) is 48.8 Å². The zero-order valence-corrected chi connectivity index (χ0v) is 95.1. The van der Waals surface area contributed by atoms with Crippen molar-refractivity contribution in [3.05, 3.63) is 12.2 Å². The monoisotopic (exact) mass is 1950 g/mol. The highest BCUT2D eigenvalue weighted by Gasteiger charge is 2.54. The summed E-state index contributed by atoms with van der Waals surface area (Å²) < 4.78 is 42.7. The molecule has 139 heavy (non-hydrogen) atoms. The van der Waals surface area contributed by atoms with Crippen LogP contribution in [-0.4, -0.2) is 358 Å². The number of nitrogens with one attached hydrogen (secondary N) is 1. The summed E-state index contributed by atoms with van der Waals surface area (Å²) in [5.41, 5.74) is 3.04. The lowest BCUT2D eigenvalue weighted by molar-refractivity contribution is -0.127. The Morgan fingerprint density at radius 3 is 0.856 bits per heavy atom. The highest BCUT2D eigenvalue weighted by atomic mass is 16.5. The molecule has 4 spiro atoms. The Bertz CT molecular complexity index is 3130. The summed E-state index contributed by atoms with van der Waals surface area (Å²) in [6, 6.07) is 10.7. The molecule has 19 heteroatoms. The number of methoxy groups -OCH3 is 8. The summed E-state index contributed by atoms with van der Waals surface area (Å²) in [6.45, 7) is 54.2. The van der Waals surface area contributed by atoms with Crippen molar-refractivity contribution < 1.29 is 37.9 Å². The lowest BCUT2D eigenvalue weighted by atomic mass is 9.60. The van der Waals surface area contributed by atoms with E-state index in [0.717, 1.165) is 155 Å². The molecule has 0 unspecified atom stereocenters.